The maximum absolute atomic E-state index is 13.3. The lowest BCUT2D eigenvalue weighted by molar-refractivity contribution is -0.133. The molecular formula is C43H47Cl2N7O5. The van der Waals surface area contributed by atoms with Crippen LogP contribution in [0, 0.1) is 0 Å². The zero-order valence-electron chi connectivity index (χ0n) is 33.0. The minimum absolute atomic E-state index is 0.0305. The van der Waals surface area contributed by atoms with Crippen molar-refractivity contribution in [2.75, 3.05) is 26.7 Å². The van der Waals surface area contributed by atoms with E-state index in [1.807, 2.05) is 75.2 Å². The number of ether oxygens (including phenoxy) is 2. The van der Waals surface area contributed by atoms with Gasteiger partial charge in [0.15, 0.2) is 0 Å². The van der Waals surface area contributed by atoms with Crippen molar-refractivity contribution in [2.24, 2.45) is 7.05 Å². The van der Waals surface area contributed by atoms with Crippen molar-refractivity contribution in [1.29, 1.82) is 0 Å². The van der Waals surface area contributed by atoms with Gasteiger partial charge in [-0.05, 0) is 57.0 Å². The number of benzene rings is 2. The molecule has 2 N–H and O–H groups in total. The smallest absolute Gasteiger partial charge is 0.410 e. The van der Waals surface area contributed by atoms with Gasteiger partial charge in [0, 0.05) is 110 Å². The first kappa shape index (κ1) is 40.0. The molecule has 298 valence electrons. The second-order valence-electron chi connectivity index (χ2n) is 15.7. The highest BCUT2D eigenvalue weighted by molar-refractivity contribution is 6.39. The first-order chi connectivity index (χ1) is 27.2. The minimum atomic E-state index is -0.699. The Bertz CT molecular complexity index is 2350. The first-order valence-electron chi connectivity index (χ1n) is 19.0. The molecule has 0 radical (unpaired) electrons. The molecule has 14 heteroatoms. The Morgan fingerprint density at radius 2 is 1.77 bits per heavy atom. The number of methoxy groups -OCH3 is 1. The summed E-state index contributed by atoms with van der Waals surface area (Å²) in [5.74, 6) is 0.410. The second kappa shape index (κ2) is 16.4. The van der Waals surface area contributed by atoms with Crippen LogP contribution in [-0.4, -0.2) is 86.7 Å². The van der Waals surface area contributed by atoms with E-state index in [4.69, 9.17) is 42.6 Å². The lowest BCUT2D eigenvalue weighted by Crippen LogP contribution is -2.59. The largest absolute Gasteiger partial charge is 0.481 e. The number of likely N-dealkylation sites (tertiary alicyclic amines) is 1. The zero-order valence-corrected chi connectivity index (χ0v) is 34.5. The first-order valence-corrected chi connectivity index (χ1v) is 19.8. The number of aromatic nitrogens is 3. The third-order valence-electron chi connectivity index (χ3n) is 10.4. The summed E-state index contributed by atoms with van der Waals surface area (Å²) in [6.07, 6.45) is 4.43. The number of carbonyl (C=O) groups excluding carboxylic acids is 3. The van der Waals surface area contributed by atoms with Crippen LogP contribution < -0.4 is 15.4 Å². The van der Waals surface area contributed by atoms with Gasteiger partial charge in [0.25, 0.3) is 0 Å². The van der Waals surface area contributed by atoms with Crippen LogP contribution in [0.15, 0.2) is 67.0 Å². The van der Waals surface area contributed by atoms with Crippen molar-refractivity contribution in [1.82, 2.24) is 35.0 Å². The fourth-order valence-electron chi connectivity index (χ4n) is 7.40. The molecule has 5 heterocycles. The van der Waals surface area contributed by atoms with E-state index in [0.717, 1.165) is 40.7 Å². The van der Waals surface area contributed by atoms with E-state index in [1.54, 1.807) is 18.0 Å². The molecule has 3 aromatic heterocycles. The van der Waals surface area contributed by atoms with Crippen LogP contribution in [0.3, 0.4) is 0 Å². The average molecular weight is 813 g/mol. The van der Waals surface area contributed by atoms with Crippen molar-refractivity contribution in [3.63, 3.8) is 0 Å². The van der Waals surface area contributed by atoms with Crippen LogP contribution >= 0.6 is 23.2 Å². The Morgan fingerprint density at radius 3 is 2.47 bits per heavy atom. The number of carbonyl (C=O) groups is 3. The molecule has 0 saturated carbocycles. The third kappa shape index (κ3) is 8.73. The number of nitrogens with one attached hydrogen (secondary N) is 2. The third-order valence-corrected chi connectivity index (χ3v) is 11.2. The fourth-order valence-corrected chi connectivity index (χ4v) is 8.05. The normalized spacial score (nSPS) is 15.8. The van der Waals surface area contributed by atoms with E-state index < -0.39 is 11.7 Å². The molecule has 0 spiro atoms. The van der Waals surface area contributed by atoms with Crippen LogP contribution in [-0.2, 0) is 34.5 Å². The predicted molar refractivity (Wildman–Crippen MR) is 222 cm³/mol. The molecule has 3 amide bonds. The van der Waals surface area contributed by atoms with E-state index in [-0.39, 0.29) is 37.0 Å². The number of hydrogen-bond acceptors (Lipinski definition) is 8. The van der Waals surface area contributed by atoms with Gasteiger partial charge in [-0.15, -0.1) is 0 Å². The molecule has 2 aliphatic rings. The zero-order chi connectivity index (χ0) is 40.6. The summed E-state index contributed by atoms with van der Waals surface area (Å²) in [7, 11) is 3.56. The van der Waals surface area contributed by atoms with Crippen LogP contribution in [0.2, 0.25) is 10.0 Å². The standard InChI is InChI=1S/C43H47Cl2N7O5/c1-25(53)51-23-30(24-51)47-19-28-20-50(5)36-18-26(10-13-31(28)36)40-39(45)33(16-17-46-40)32-8-7-9-34(38(32)44)35-14-11-27(41(49-35)56-6)21-52(42(55)57-43(2,3)4)22-29-12-15-37(54)48-29/h7-11,13-14,16-18,20,29-30,47H,12,15,19,21-24H2,1-6H3,(H,48,54)/t29-/m0/s1. The van der Waals surface area contributed by atoms with Crippen LogP contribution in [0.5, 0.6) is 5.88 Å². The van der Waals surface area contributed by atoms with Gasteiger partial charge in [0.05, 0.1) is 35.1 Å². The van der Waals surface area contributed by atoms with Crippen LogP contribution in [0.4, 0.5) is 4.79 Å². The molecule has 12 nitrogen and oxygen atoms in total. The number of fused-ring (bicyclic) bond motifs is 1. The number of hydrogen-bond donors (Lipinski definition) is 2. The van der Waals surface area contributed by atoms with Gasteiger partial charge in [-0.2, -0.15) is 0 Å². The summed E-state index contributed by atoms with van der Waals surface area (Å²) >= 11 is 14.3. The van der Waals surface area contributed by atoms with Gasteiger partial charge in [-0.3, -0.25) is 14.6 Å². The molecule has 0 aliphatic carbocycles. The molecule has 0 unspecified atom stereocenters. The monoisotopic (exact) mass is 811 g/mol. The minimum Gasteiger partial charge on any atom is -0.481 e. The second-order valence-corrected chi connectivity index (χ2v) is 16.5. The molecule has 2 saturated heterocycles. The van der Waals surface area contributed by atoms with E-state index in [2.05, 4.69) is 33.5 Å². The summed E-state index contributed by atoms with van der Waals surface area (Å²) in [6, 6.07) is 17.6. The molecule has 1 atom stereocenters. The maximum atomic E-state index is 13.3. The van der Waals surface area contributed by atoms with Gasteiger partial charge in [-0.25, -0.2) is 9.78 Å². The molecule has 0 bridgehead atoms. The van der Waals surface area contributed by atoms with Crippen molar-refractivity contribution in [3.8, 4) is 39.5 Å². The number of aryl methyl sites for hydroxylation is 1. The number of pyridine rings is 2. The van der Waals surface area contributed by atoms with Crippen molar-refractivity contribution in [2.45, 2.75) is 71.3 Å². The highest BCUT2D eigenvalue weighted by Crippen LogP contribution is 2.42. The van der Waals surface area contributed by atoms with Crippen molar-refractivity contribution in [3.05, 3.63) is 88.2 Å². The van der Waals surface area contributed by atoms with Gasteiger partial charge < -0.3 is 34.5 Å². The van der Waals surface area contributed by atoms with Gasteiger partial charge in [0.2, 0.25) is 17.7 Å². The highest BCUT2D eigenvalue weighted by atomic mass is 35.5. The molecule has 7 rings (SSSR count). The predicted octanol–water partition coefficient (Wildman–Crippen LogP) is 7.62. The van der Waals surface area contributed by atoms with Crippen LogP contribution in [0.25, 0.3) is 44.5 Å². The molecule has 5 aromatic rings. The lowest BCUT2D eigenvalue weighted by Gasteiger charge is -2.39. The van der Waals surface area contributed by atoms with E-state index in [9.17, 15) is 14.4 Å². The Kier molecular flexibility index (Phi) is 11.5. The van der Waals surface area contributed by atoms with E-state index in [1.165, 1.54) is 12.7 Å². The summed E-state index contributed by atoms with van der Waals surface area (Å²) in [5, 5.41) is 8.57. The molecule has 2 aliphatic heterocycles. The quantitative estimate of drug-likeness (QED) is 0.139. The Morgan fingerprint density at radius 1 is 1.02 bits per heavy atom. The van der Waals surface area contributed by atoms with Crippen molar-refractivity contribution < 1.29 is 23.9 Å². The van der Waals surface area contributed by atoms with Gasteiger partial charge in [0.1, 0.15) is 5.60 Å². The Hall–Kier alpha value is -5.17. The summed E-state index contributed by atoms with van der Waals surface area (Å²) in [4.78, 5) is 49.8. The Balaban J connectivity index is 1.13. The Labute approximate surface area is 342 Å². The SMILES string of the molecule is COc1nc(-c2cccc(-c3ccnc(-c4ccc5c(CNC6CN(C(C)=O)C6)cn(C)c5c4)c3Cl)c2Cl)ccc1CN(C[C@@H]1CCC(=O)N1)C(=O)OC(C)(C)C. The lowest BCUT2D eigenvalue weighted by atomic mass is 9.99. The van der Waals surface area contributed by atoms with Crippen LogP contribution in [0.1, 0.15) is 51.7 Å². The summed E-state index contributed by atoms with van der Waals surface area (Å²) in [5.41, 5.74) is 6.39. The molecule has 57 heavy (non-hydrogen) atoms. The average Bonchev–Trinajstić information content (AvgIpc) is 3.71. The number of rotatable bonds is 11. The molecule has 2 fully saturated rings. The molecular weight excluding hydrogens is 765 g/mol. The van der Waals surface area contributed by atoms with E-state index >= 15 is 0 Å². The van der Waals surface area contributed by atoms with Gasteiger partial charge in [-0.1, -0.05) is 53.5 Å². The number of nitrogens with zero attached hydrogens (tertiary/aromatic N) is 5. The number of halogens is 2. The van der Waals surface area contributed by atoms with Gasteiger partial charge >= 0.3 is 6.09 Å². The number of amides is 3. The highest BCUT2D eigenvalue weighted by Gasteiger charge is 2.30. The topological polar surface area (TPSA) is 131 Å². The summed E-state index contributed by atoms with van der Waals surface area (Å²) < 4.78 is 13.6. The molecule has 2 aromatic carbocycles. The maximum Gasteiger partial charge on any atom is 0.410 e. The van der Waals surface area contributed by atoms with E-state index in [0.29, 0.717) is 57.8 Å². The summed E-state index contributed by atoms with van der Waals surface area (Å²) in [6.45, 7) is 9.66. The van der Waals surface area contributed by atoms with Crippen molar-refractivity contribution >= 4 is 52.0 Å². The fraction of sp³-hybridized carbons (Fsp3) is 0.372.